The zero-order valence-corrected chi connectivity index (χ0v) is 6.70. The van der Waals surface area contributed by atoms with Crippen LogP contribution in [0, 0.1) is 10.1 Å². The van der Waals surface area contributed by atoms with Crippen molar-refractivity contribution >= 4 is 21.9 Å². The molecule has 6 heteroatoms. The summed E-state index contributed by atoms with van der Waals surface area (Å²) in [6, 6.07) is 0. The number of ether oxygens (including phenoxy) is 1. The first-order chi connectivity index (χ1) is 5.15. The average molecular weight is 220 g/mol. The standard InChI is InChI=1S/C5H2BrNO4/c6-4-1-3(2-8)11-5(4)7(9)10/h1,5H. The van der Waals surface area contributed by atoms with Crippen LogP contribution in [0.5, 0.6) is 0 Å². The van der Waals surface area contributed by atoms with E-state index in [2.05, 4.69) is 20.7 Å². The molecule has 1 unspecified atom stereocenters. The Labute approximate surface area is 69.6 Å². The zero-order chi connectivity index (χ0) is 8.43. The lowest BCUT2D eigenvalue weighted by atomic mass is 10.5. The molecular weight excluding hydrogens is 218 g/mol. The van der Waals surface area contributed by atoms with Gasteiger partial charge in [0.25, 0.3) is 0 Å². The smallest absolute Gasteiger partial charge is 0.388 e. The molecule has 0 aromatic rings. The molecule has 0 amide bonds. The van der Waals surface area contributed by atoms with Crippen molar-refractivity contribution in [2.45, 2.75) is 6.23 Å². The first-order valence-electron chi connectivity index (χ1n) is 2.57. The third-order valence-corrected chi connectivity index (χ3v) is 1.66. The van der Waals surface area contributed by atoms with Gasteiger partial charge in [-0.15, -0.1) is 0 Å². The van der Waals surface area contributed by atoms with Gasteiger partial charge in [-0.1, -0.05) is 0 Å². The van der Waals surface area contributed by atoms with Gasteiger partial charge in [0.1, 0.15) is 4.48 Å². The van der Waals surface area contributed by atoms with Gasteiger partial charge >= 0.3 is 6.23 Å². The van der Waals surface area contributed by atoms with Crippen LogP contribution in [0.3, 0.4) is 0 Å². The molecule has 1 aliphatic heterocycles. The minimum atomic E-state index is -1.29. The fourth-order valence-electron chi connectivity index (χ4n) is 0.604. The number of nitrogens with zero attached hydrogens (tertiary/aromatic N) is 1. The largest absolute Gasteiger partial charge is 0.415 e. The predicted molar refractivity (Wildman–Crippen MR) is 38.1 cm³/mol. The van der Waals surface area contributed by atoms with E-state index in [0.717, 1.165) is 0 Å². The van der Waals surface area contributed by atoms with Gasteiger partial charge in [-0.25, -0.2) is 4.79 Å². The number of allylic oxidation sites excluding steroid dienone is 1. The van der Waals surface area contributed by atoms with Crippen LogP contribution in [0.2, 0.25) is 0 Å². The first kappa shape index (κ1) is 7.97. The summed E-state index contributed by atoms with van der Waals surface area (Å²) in [6.45, 7) is 0. The maximum Gasteiger partial charge on any atom is 0.388 e. The van der Waals surface area contributed by atoms with Crippen LogP contribution in [-0.4, -0.2) is 17.1 Å². The number of rotatable bonds is 1. The fourth-order valence-corrected chi connectivity index (χ4v) is 1.07. The van der Waals surface area contributed by atoms with Crippen molar-refractivity contribution in [3.8, 4) is 0 Å². The van der Waals surface area contributed by atoms with Crippen LogP contribution in [0.4, 0.5) is 0 Å². The van der Waals surface area contributed by atoms with Crippen molar-refractivity contribution < 1.29 is 14.5 Å². The molecule has 0 saturated carbocycles. The lowest BCUT2D eigenvalue weighted by Gasteiger charge is -2.00. The van der Waals surface area contributed by atoms with E-state index in [0.29, 0.717) is 0 Å². The Morgan fingerprint density at radius 1 is 1.82 bits per heavy atom. The summed E-state index contributed by atoms with van der Waals surface area (Å²) in [5.74, 6) is 1.26. The summed E-state index contributed by atoms with van der Waals surface area (Å²) in [6.07, 6.45) is -0.0630. The van der Waals surface area contributed by atoms with Gasteiger partial charge in [0.2, 0.25) is 5.76 Å². The molecule has 1 atom stereocenters. The minimum Gasteiger partial charge on any atom is -0.415 e. The van der Waals surface area contributed by atoms with Crippen LogP contribution in [0.15, 0.2) is 16.3 Å². The Hall–Kier alpha value is -1.13. The molecule has 0 aromatic carbocycles. The highest BCUT2D eigenvalue weighted by Gasteiger charge is 2.32. The van der Waals surface area contributed by atoms with Crippen LogP contribution in [0.25, 0.3) is 0 Å². The van der Waals surface area contributed by atoms with E-state index in [9.17, 15) is 14.9 Å². The highest BCUT2D eigenvalue weighted by atomic mass is 79.9. The molecule has 0 aliphatic carbocycles. The third-order valence-electron chi connectivity index (χ3n) is 1.04. The monoisotopic (exact) mass is 219 g/mol. The second-order valence-electron chi connectivity index (χ2n) is 1.75. The Kier molecular flexibility index (Phi) is 2.07. The van der Waals surface area contributed by atoms with Crippen molar-refractivity contribution in [3.05, 3.63) is 26.4 Å². The quantitative estimate of drug-likeness (QED) is 0.368. The fraction of sp³-hybridized carbons (Fsp3) is 0.200. The molecule has 0 saturated heterocycles. The Morgan fingerprint density at radius 2 is 2.45 bits per heavy atom. The molecule has 1 heterocycles. The molecule has 5 nitrogen and oxygen atoms in total. The van der Waals surface area contributed by atoms with E-state index in [1.807, 2.05) is 0 Å². The van der Waals surface area contributed by atoms with Gasteiger partial charge in [-0.2, -0.15) is 0 Å². The SMILES string of the molecule is O=C=C1C=C(Br)C([N+](=O)[O-])O1. The first-order valence-corrected chi connectivity index (χ1v) is 3.37. The van der Waals surface area contributed by atoms with E-state index in [4.69, 9.17) is 0 Å². The summed E-state index contributed by atoms with van der Waals surface area (Å²) in [7, 11) is 0. The number of hydrogen-bond donors (Lipinski definition) is 0. The van der Waals surface area contributed by atoms with Crippen LogP contribution < -0.4 is 0 Å². The molecule has 11 heavy (non-hydrogen) atoms. The maximum atomic E-state index is 10.1. The predicted octanol–water partition coefficient (Wildman–Crippen LogP) is 0.614. The summed E-state index contributed by atoms with van der Waals surface area (Å²) >= 11 is 2.88. The number of hydrogen-bond acceptors (Lipinski definition) is 4. The second kappa shape index (κ2) is 2.86. The normalized spacial score (nSPS) is 22.1. The van der Waals surface area contributed by atoms with Gasteiger partial charge in [0, 0.05) is 6.08 Å². The van der Waals surface area contributed by atoms with Gasteiger partial charge in [-0.3, -0.25) is 10.1 Å². The molecule has 58 valence electrons. The molecule has 0 aromatic heterocycles. The van der Waals surface area contributed by atoms with E-state index in [-0.39, 0.29) is 10.2 Å². The van der Waals surface area contributed by atoms with Gasteiger partial charge in [0.15, 0.2) is 5.94 Å². The lowest BCUT2D eigenvalue weighted by molar-refractivity contribution is -0.554. The minimum absolute atomic E-state index is 0.154. The van der Waals surface area contributed by atoms with Gasteiger partial charge < -0.3 is 4.74 Å². The van der Waals surface area contributed by atoms with E-state index < -0.39 is 11.2 Å². The Bertz CT molecular complexity index is 278. The topological polar surface area (TPSA) is 69.4 Å². The summed E-state index contributed by atoms with van der Waals surface area (Å²) in [5, 5.41) is 10.1. The molecular formula is C5H2BrNO4. The Morgan fingerprint density at radius 3 is 2.73 bits per heavy atom. The molecule has 1 aliphatic rings. The average Bonchev–Trinajstić information content (AvgIpc) is 2.30. The third kappa shape index (κ3) is 1.47. The molecule has 0 fully saturated rings. The van der Waals surface area contributed by atoms with Gasteiger partial charge in [-0.05, 0) is 15.9 Å². The number of carbonyl (C=O) groups excluding carboxylic acids is 1. The molecule has 0 bridgehead atoms. The van der Waals surface area contributed by atoms with E-state index in [1.54, 1.807) is 0 Å². The van der Waals surface area contributed by atoms with Crippen molar-refractivity contribution in [2.75, 3.05) is 0 Å². The molecule has 0 spiro atoms. The van der Waals surface area contributed by atoms with Crippen molar-refractivity contribution in [1.82, 2.24) is 0 Å². The van der Waals surface area contributed by atoms with Crippen molar-refractivity contribution in [3.63, 3.8) is 0 Å². The zero-order valence-electron chi connectivity index (χ0n) is 5.11. The summed E-state index contributed by atoms with van der Waals surface area (Å²) in [4.78, 5) is 19.4. The van der Waals surface area contributed by atoms with Gasteiger partial charge in [0.05, 0.1) is 4.92 Å². The molecule has 0 N–H and O–H groups in total. The van der Waals surface area contributed by atoms with Crippen LogP contribution in [-0.2, 0) is 9.53 Å². The summed E-state index contributed by atoms with van der Waals surface area (Å²) < 4.78 is 4.76. The Balaban J connectivity index is 2.88. The highest BCUT2D eigenvalue weighted by Crippen LogP contribution is 2.25. The van der Waals surface area contributed by atoms with E-state index >= 15 is 0 Å². The maximum absolute atomic E-state index is 10.1. The van der Waals surface area contributed by atoms with Crippen molar-refractivity contribution in [2.24, 2.45) is 0 Å². The van der Waals surface area contributed by atoms with Crippen LogP contribution >= 0.6 is 15.9 Å². The lowest BCUT2D eigenvalue weighted by Crippen LogP contribution is -2.18. The van der Waals surface area contributed by atoms with Crippen molar-refractivity contribution in [1.29, 1.82) is 0 Å². The van der Waals surface area contributed by atoms with Crippen LogP contribution in [0.1, 0.15) is 0 Å². The second-order valence-corrected chi connectivity index (χ2v) is 2.67. The highest BCUT2D eigenvalue weighted by molar-refractivity contribution is 9.11. The molecule has 1 rings (SSSR count). The van der Waals surface area contributed by atoms with E-state index in [1.165, 1.54) is 12.0 Å². The number of nitro groups is 1. The summed E-state index contributed by atoms with van der Waals surface area (Å²) in [5.41, 5.74) is 0. The molecule has 0 radical (unpaired) electrons. The number of halogens is 1.